The molecule has 1 N–H and O–H groups in total. The average molecular weight is 340 g/mol. The van der Waals surface area contributed by atoms with Gasteiger partial charge in [-0.2, -0.15) is 8.78 Å². The first kappa shape index (κ1) is 16.0. The zero-order valence-corrected chi connectivity index (χ0v) is 12.3. The highest BCUT2D eigenvalue weighted by atomic mass is 35.5. The van der Waals surface area contributed by atoms with E-state index in [0.717, 1.165) is 0 Å². The molecule has 116 valence electrons. The standard InChI is InChI=1S/C12H12ClF2NO4S/c13-9-5-8(1-2-10(9)20-12(14)15)16-11(17)7-3-4-21(18,19)6-7/h1-2,5,7,12H,3-4,6H2,(H,16,17). The molecular formula is C12H12ClF2NO4S. The first-order valence-corrected chi connectivity index (χ1v) is 8.22. The number of rotatable bonds is 4. The number of carbonyl (C=O) groups is 1. The summed E-state index contributed by atoms with van der Waals surface area (Å²) in [6.45, 7) is -2.99. The van der Waals surface area contributed by atoms with Gasteiger partial charge in [0.1, 0.15) is 5.75 Å². The third-order valence-corrected chi connectivity index (χ3v) is 5.08. The molecule has 0 saturated carbocycles. The lowest BCUT2D eigenvalue weighted by atomic mass is 10.1. The maximum atomic E-state index is 12.1. The molecule has 1 fully saturated rings. The molecule has 5 nitrogen and oxygen atoms in total. The summed E-state index contributed by atoms with van der Waals surface area (Å²) in [5.74, 6) is -1.43. The van der Waals surface area contributed by atoms with Gasteiger partial charge in [0.05, 0.1) is 22.4 Å². The van der Waals surface area contributed by atoms with Crippen LogP contribution in [0.2, 0.25) is 5.02 Å². The summed E-state index contributed by atoms with van der Waals surface area (Å²) in [5, 5.41) is 2.44. The number of nitrogens with one attached hydrogen (secondary N) is 1. The second-order valence-electron chi connectivity index (χ2n) is 4.61. The van der Waals surface area contributed by atoms with Gasteiger partial charge in [0, 0.05) is 5.69 Å². The highest BCUT2D eigenvalue weighted by Gasteiger charge is 2.32. The third-order valence-electron chi connectivity index (χ3n) is 3.02. The minimum absolute atomic E-state index is 0.00694. The fourth-order valence-electron chi connectivity index (χ4n) is 2.02. The van der Waals surface area contributed by atoms with Gasteiger partial charge < -0.3 is 10.1 Å². The fourth-order valence-corrected chi connectivity index (χ4v) is 3.98. The van der Waals surface area contributed by atoms with Crippen LogP contribution in [0.1, 0.15) is 6.42 Å². The summed E-state index contributed by atoms with van der Waals surface area (Å²) < 4.78 is 51.0. The summed E-state index contributed by atoms with van der Waals surface area (Å²) in [6.07, 6.45) is 0.272. The number of hydrogen-bond donors (Lipinski definition) is 1. The summed E-state index contributed by atoms with van der Waals surface area (Å²) >= 11 is 5.76. The van der Waals surface area contributed by atoms with Crippen LogP contribution >= 0.6 is 11.6 Å². The highest BCUT2D eigenvalue weighted by molar-refractivity contribution is 7.91. The number of sulfone groups is 1. The van der Waals surface area contributed by atoms with Gasteiger partial charge in [0.25, 0.3) is 0 Å². The number of hydrogen-bond acceptors (Lipinski definition) is 4. The van der Waals surface area contributed by atoms with Crippen LogP contribution in [0.4, 0.5) is 14.5 Å². The Morgan fingerprint density at radius 1 is 1.43 bits per heavy atom. The molecule has 1 saturated heterocycles. The van der Waals surface area contributed by atoms with Gasteiger partial charge in [-0.15, -0.1) is 0 Å². The first-order chi connectivity index (χ1) is 9.77. The van der Waals surface area contributed by atoms with E-state index in [1.165, 1.54) is 18.2 Å². The van der Waals surface area contributed by atoms with Gasteiger partial charge in [-0.3, -0.25) is 4.79 Å². The van der Waals surface area contributed by atoms with Crippen LogP contribution < -0.4 is 10.1 Å². The Kier molecular flexibility index (Phi) is 4.67. The van der Waals surface area contributed by atoms with E-state index in [1.54, 1.807) is 0 Å². The molecule has 9 heteroatoms. The SMILES string of the molecule is O=C(Nc1ccc(OC(F)F)c(Cl)c1)C1CCS(=O)(=O)C1. The van der Waals surface area contributed by atoms with Crippen molar-refractivity contribution in [2.75, 3.05) is 16.8 Å². The average Bonchev–Trinajstić information content (AvgIpc) is 2.73. The lowest BCUT2D eigenvalue weighted by Gasteiger charge is -2.11. The molecule has 1 heterocycles. The normalized spacial score (nSPS) is 20.5. The Balaban J connectivity index is 2.03. The predicted octanol–water partition coefficient (Wildman–Crippen LogP) is 2.31. The van der Waals surface area contributed by atoms with Crippen molar-refractivity contribution in [3.8, 4) is 5.75 Å². The summed E-state index contributed by atoms with van der Waals surface area (Å²) in [5.41, 5.74) is 0.288. The lowest BCUT2D eigenvalue weighted by Crippen LogP contribution is -2.23. The maximum absolute atomic E-state index is 12.1. The lowest BCUT2D eigenvalue weighted by molar-refractivity contribution is -0.119. The van der Waals surface area contributed by atoms with E-state index in [4.69, 9.17) is 11.6 Å². The molecule has 0 aliphatic carbocycles. The molecule has 1 aromatic carbocycles. The smallest absolute Gasteiger partial charge is 0.387 e. The summed E-state index contributed by atoms with van der Waals surface area (Å²) in [4.78, 5) is 11.9. The van der Waals surface area contributed by atoms with Crippen LogP contribution in [0.25, 0.3) is 0 Å². The van der Waals surface area contributed by atoms with E-state index in [0.29, 0.717) is 0 Å². The summed E-state index contributed by atoms with van der Waals surface area (Å²) in [7, 11) is -3.15. The Morgan fingerprint density at radius 3 is 2.67 bits per heavy atom. The zero-order valence-electron chi connectivity index (χ0n) is 10.7. The van der Waals surface area contributed by atoms with Crippen LogP contribution in [-0.2, 0) is 14.6 Å². The maximum Gasteiger partial charge on any atom is 0.387 e. The molecular weight excluding hydrogens is 328 g/mol. The van der Waals surface area contributed by atoms with Gasteiger partial charge in [-0.25, -0.2) is 8.42 Å². The Bertz CT molecular complexity index is 651. The zero-order chi connectivity index (χ0) is 15.6. The van der Waals surface area contributed by atoms with Crippen molar-refractivity contribution in [1.29, 1.82) is 0 Å². The second-order valence-corrected chi connectivity index (χ2v) is 7.25. The molecule has 1 aliphatic rings. The fraction of sp³-hybridized carbons (Fsp3) is 0.417. The largest absolute Gasteiger partial charge is 0.433 e. The topological polar surface area (TPSA) is 72.5 Å². The monoisotopic (exact) mass is 339 g/mol. The molecule has 21 heavy (non-hydrogen) atoms. The number of amides is 1. The summed E-state index contributed by atoms with van der Waals surface area (Å²) in [6, 6.07) is 3.82. The molecule has 0 aromatic heterocycles. The molecule has 1 unspecified atom stereocenters. The van der Waals surface area contributed by atoms with E-state index in [-0.39, 0.29) is 34.4 Å². The van der Waals surface area contributed by atoms with Crippen LogP contribution in [0.5, 0.6) is 5.75 Å². The van der Waals surface area contributed by atoms with Crippen molar-refractivity contribution in [3.05, 3.63) is 23.2 Å². The van der Waals surface area contributed by atoms with Gasteiger partial charge in [0.15, 0.2) is 9.84 Å². The van der Waals surface area contributed by atoms with Crippen LogP contribution in [0, 0.1) is 5.92 Å². The molecule has 1 aromatic rings. The van der Waals surface area contributed by atoms with Crippen molar-refractivity contribution in [2.45, 2.75) is 13.0 Å². The third kappa shape index (κ3) is 4.28. The second kappa shape index (κ2) is 6.15. The number of benzene rings is 1. The predicted molar refractivity (Wildman–Crippen MR) is 73.5 cm³/mol. The highest BCUT2D eigenvalue weighted by Crippen LogP contribution is 2.29. The quantitative estimate of drug-likeness (QED) is 0.913. The van der Waals surface area contributed by atoms with E-state index >= 15 is 0 Å². The van der Waals surface area contributed by atoms with Gasteiger partial charge >= 0.3 is 6.61 Å². The Morgan fingerprint density at radius 2 is 2.14 bits per heavy atom. The first-order valence-electron chi connectivity index (χ1n) is 6.02. The molecule has 0 spiro atoms. The Labute approximate surface area is 125 Å². The van der Waals surface area contributed by atoms with E-state index < -0.39 is 28.3 Å². The molecule has 1 atom stereocenters. The number of anilines is 1. The number of alkyl halides is 2. The van der Waals surface area contributed by atoms with E-state index in [2.05, 4.69) is 10.1 Å². The van der Waals surface area contributed by atoms with Crippen molar-refractivity contribution < 1.29 is 26.7 Å². The van der Waals surface area contributed by atoms with Crippen molar-refractivity contribution >= 4 is 33.0 Å². The van der Waals surface area contributed by atoms with Gasteiger partial charge in [-0.1, -0.05) is 11.6 Å². The van der Waals surface area contributed by atoms with Gasteiger partial charge in [-0.05, 0) is 24.6 Å². The van der Waals surface area contributed by atoms with E-state index in [9.17, 15) is 22.0 Å². The molecule has 1 amide bonds. The molecule has 1 aliphatic heterocycles. The van der Waals surface area contributed by atoms with Crippen molar-refractivity contribution in [3.63, 3.8) is 0 Å². The van der Waals surface area contributed by atoms with Crippen molar-refractivity contribution in [2.24, 2.45) is 5.92 Å². The number of ether oxygens (including phenoxy) is 1. The number of carbonyl (C=O) groups excluding carboxylic acids is 1. The molecule has 0 radical (unpaired) electrons. The number of halogens is 3. The van der Waals surface area contributed by atoms with E-state index in [1.807, 2.05) is 0 Å². The molecule has 2 rings (SSSR count). The Hall–Kier alpha value is -1.41. The minimum Gasteiger partial charge on any atom is -0.433 e. The minimum atomic E-state index is -3.15. The van der Waals surface area contributed by atoms with Crippen LogP contribution in [0.3, 0.4) is 0 Å². The van der Waals surface area contributed by atoms with Crippen LogP contribution in [0.15, 0.2) is 18.2 Å². The van der Waals surface area contributed by atoms with Crippen LogP contribution in [-0.4, -0.2) is 32.4 Å². The van der Waals surface area contributed by atoms with Crippen molar-refractivity contribution in [1.82, 2.24) is 0 Å². The molecule has 0 bridgehead atoms. The van der Waals surface area contributed by atoms with Gasteiger partial charge in [0.2, 0.25) is 5.91 Å².